The molecule has 1 saturated heterocycles. The summed E-state index contributed by atoms with van der Waals surface area (Å²) in [7, 11) is 0. The van der Waals surface area contributed by atoms with Gasteiger partial charge in [0.15, 0.2) is 0 Å². The molecule has 3 rings (SSSR count). The molecule has 0 aromatic carbocycles. The summed E-state index contributed by atoms with van der Waals surface area (Å²) in [5, 5.41) is 4.49. The lowest BCUT2D eigenvalue weighted by Gasteiger charge is -2.36. The summed E-state index contributed by atoms with van der Waals surface area (Å²) >= 11 is 1.35. The van der Waals surface area contributed by atoms with Crippen LogP contribution in [-0.4, -0.2) is 60.2 Å². The molecule has 7 heteroatoms. The van der Waals surface area contributed by atoms with Crippen LogP contribution in [0.2, 0.25) is 0 Å². The van der Waals surface area contributed by atoms with Gasteiger partial charge in [-0.05, 0) is 24.3 Å². The van der Waals surface area contributed by atoms with Gasteiger partial charge < -0.3 is 15.1 Å². The summed E-state index contributed by atoms with van der Waals surface area (Å²) in [4.78, 5) is 40.7. The fourth-order valence-electron chi connectivity index (χ4n) is 3.37. The van der Waals surface area contributed by atoms with Crippen LogP contribution in [0.25, 0.3) is 0 Å². The van der Waals surface area contributed by atoms with E-state index in [4.69, 9.17) is 0 Å². The molecule has 3 amide bonds. The third kappa shape index (κ3) is 3.95. The summed E-state index contributed by atoms with van der Waals surface area (Å²) in [6, 6.07) is 3.54. The lowest BCUT2D eigenvalue weighted by Crippen LogP contribution is -2.53. The van der Waals surface area contributed by atoms with Crippen molar-refractivity contribution in [2.45, 2.75) is 25.7 Å². The SMILES string of the molecule is O=C(NCC(=O)N1CCN(C(=O)C2CCCC2)CC1)c1cccs1. The zero-order valence-electron chi connectivity index (χ0n) is 13.7. The van der Waals surface area contributed by atoms with Crippen molar-refractivity contribution < 1.29 is 14.4 Å². The molecular formula is C17H23N3O3S. The van der Waals surface area contributed by atoms with Crippen LogP contribution >= 0.6 is 11.3 Å². The molecule has 2 aliphatic rings. The standard InChI is InChI=1S/C17H23N3O3S/c21-15(12-18-16(22)14-6-3-11-24-14)19-7-9-20(10-8-19)17(23)13-4-1-2-5-13/h3,6,11,13H,1-2,4-5,7-10,12H2,(H,18,22). The van der Waals surface area contributed by atoms with E-state index in [1.807, 2.05) is 16.3 Å². The van der Waals surface area contributed by atoms with Gasteiger partial charge in [0.25, 0.3) is 5.91 Å². The number of hydrogen-bond acceptors (Lipinski definition) is 4. The highest BCUT2D eigenvalue weighted by atomic mass is 32.1. The molecule has 1 aliphatic heterocycles. The van der Waals surface area contributed by atoms with Crippen LogP contribution < -0.4 is 5.32 Å². The Balaban J connectivity index is 1.41. The molecule has 0 atom stereocenters. The number of thiophene rings is 1. The van der Waals surface area contributed by atoms with Crippen LogP contribution in [0.3, 0.4) is 0 Å². The Labute approximate surface area is 145 Å². The topological polar surface area (TPSA) is 69.7 Å². The van der Waals surface area contributed by atoms with Gasteiger partial charge in [0.2, 0.25) is 11.8 Å². The van der Waals surface area contributed by atoms with Crippen molar-refractivity contribution in [1.82, 2.24) is 15.1 Å². The molecule has 2 fully saturated rings. The molecule has 1 aliphatic carbocycles. The maximum absolute atomic E-state index is 12.4. The van der Waals surface area contributed by atoms with E-state index in [1.54, 1.807) is 11.0 Å². The first kappa shape index (κ1) is 17.0. The van der Waals surface area contributed by atoms with Crippen LogP contribution in [-0.2, 0) is 9.59 Å². The fraction of sp³-hybridized carbons (Fsp3) is 0.588. The molecule has 6 nitrogen and oxygen atoms in total. The Kier molecular flexibility index (Phi) is 5.50. The molecule has 2 heterocycles. The van der Waals surface area contributed by atoms with E-state index in [9.17, 15) is 14.4 Å². The van der Waals surface area contributed by atoms with Crippen molar-refractivity contribution in [3.05, 3.63) is 22.4 Å². The van der Waals surface area contributed by atoms with Crippen LogP contribution in [0.4, 0.5) is 0 Å². The quantitative estimate of drug-likeness (QED) is 0.892. The minimum Gasteiger partial charge on any atom is -0.342 e. The van der Waals surface area contributed by atoms with Gasteiger partial charge in [0.05, 0.1) is 11.4 Å². The highest BCUT2D eigenvalue weighted by Gasteiger charge is 2.30. The van der Waals surface area contributed by atoms with E-state index in [-0.39, 0.29) is 30.2 Å². The van der Waals surface area contributed by atoms with Crippen LogP contribution in [0.15, 0.2) is 17.5 Å². The van der Waals surface area contributed by atoms with Crippen LogP contribution in [0, 0.1) is 5.92 Å². The summed E-state index contributed by atoms with van der Waals surface area (Å²) in [6.45, 7) is 2.30. The normalized spacial score (nSPS) is 18.7. The van der Waals surface area contributed by atoms with Crippen molar-refractivity contribution in [3.63, 3.8) is 0 Å². The Morgan fingerprint density at radius 1 is 1.08 bits per heavy atom. The lowest BCUT2D eigenvalue weighted by atomic mass is 10.1. The number of carbonyl (C=O) groups excluding carboxylic acids is 3. The smallest absolute Gasteiger partial charge is 0.261 e. The average molecular weight is 349 g/mol. The third-order valence-electron chi connectivity index (χ3n) is 4.79. The Morgan fingerprint density at radius 2 is 1.75 bits per heavy atom. The van der Waals surface area contributed by atoms with Gasteiger partial charge in [-0.1, -0.05) is 18.9 Å². The van der Waals surface area contributed by atoms with Gasteiger partial charge in [-0.3, -0.25) is 14.4 Å². The minimum absolute atomic E-state index is 0.00725. The van der Waals surface area contributed by atoms with E-state index in [0.717, 1.165) is 25.7 Å². The van der Waals surface area contributed by atoms with Crippen molar-refractivity contribution in [2.75, 3.05) is 32.7 Å². The predicted molar refractivity (Wildman–Crippen MR) is 91.8 cm³/mol. The molecule has 24 heavy (non-hydrogen) atoms. The molecular weight excluding hydrogens is 326 g/mol. The summed E-state index contributed by atoms with van der Waals surface area (Å²) < 4.78 is 0. The van der Waals surface area contributed by atoms with Gasteiger partial charge in [-0.15, -0.1) is 11.3 Å². The number of amides is 3. The Hall–Kier alpha value is -1.89. The first-order valence-electron chi connectivity index (χ1n) is 8.53. The fourth-order valence-corrected chi connectivity index (χ4v) is 4.01. The zero-order chi connectivity index (χ0) is 16.9. The molecule has 0 spiro atoms. The molecule has 1 aromatic heterocycles. The van der Waals surface area contributed by atoms with E-state index in [2.05, 4.69) is 5.32 Å². The van der Waals surface area contributed by atoms with Crippen LogP contribution in [0.1, 0.15) is 35.4 Å². The van der Waals surface area contributed by atoms with Gasteiger partial charge in [0.1, 0.15) is 0 Å². The summed E-state index contributed by atoms with van der Waals surface area (Å²) in [5.41, 5.74) is 0. The second-order valence-corrected chi connectivity index (χ2v) is 7.30. The monoisotopic (exact) mass is 349 g/mol. The molecule has 0 radical (unpaired) electrons. The molecule has 1 aromatic rings. The molecule has 0 bridgehead atoms. The molecule has 1 N–H and O–H groups in total. The number of nitrogens with zero attached hydrogens (tertiary/aromatic N) is 2. The Bertz CT molecular complexity index is 588. The highest BCUT2D eigenvalue weighted by Crippen LogP contribution is 2.26. The Morgan fingerprint density at radius 3 is 2.38 bits per heavy atom. The first-order chi connectivity index (χ1) is 11.6. The maximum atomic E-state index is 12.4. The third-order valence-corrected chi connectivity index (χ3v) is 5.66. The first-order valence-corrected chi connectivity index (χ1v) is 9.41. The van der Waals surface area contributed by atoms with Crippen LogP contribution in [0.5, 0.6) is 0 Å². The predicted octanol–water partition coefficient (Wildman–Crippen LogP) is 1.34. The summed E-state index contributed by atoms with van der Waals surface area (Å²) in [6.07, 6.45) is 4.32. The second-order valence-electron chi connectivity index (χ2n) is 6.35. The molecule has 130 valence electrons. The number of nitrogens with one attached hydrogen (secondary N) is 1. The number of piperazine rings is 1. The van der Waals surface area contributed by atoms with Crippen molar-refractivity contribution in [1.29, 1.82) is 0 Å². The number of rotatable bonds is 4. The maximum Gasteiger partial charge on any atom is 0.261 e. The van der Waals surface area contributed by atoms with E-state index >= 15 is 0 Å². The molecule has 1 saturated carbocycles. The number of carbonyl (C=O) groups is 3. The van der Waals surface area contributed by atoms with E-state index in [0.29, 0.717) is 31.1 Å². The highest BCUT2D eigenvalue weighted by molar-refractivity contribution is 7.12. The number of hydrogen-bond donors (Lipinski definition) is 1. The minimum atomic E-state index is -0.214. The average Bonchev–Trinajstić information content (AvgIpc) is 3.32. The van der Waals surface area contributed by atoms with Crippen molar-refractivity contribution in [2.24, 2.45) is 5.92 Å². The second kappa shape index (κ2) is 7.79. The largest absolute Gasteiger partial charge is 0.342 e. The van der Waals surface area contributed by atoms with Crippen molar-refractivity contribution >= 4 is 29.1 Å². The lowest BCUT2D eigenvalue weighted by molar-refractivity contribution is -0.141. The van der Waals surface area contributed by atoms with E-state index in [1.165, 1.54) is 11.3 Å². The summed E-state index contributed by atoms with van der Waals surface area (Å²) in [5.74, 6) is 0.143. The zero-order valence-corrected chi connectivity index (χ0v) is 14.5. The molecule has 0 unspecified atom stereocenters. The van der Waals surface area contributed by atoms with Gasteiger partial charge in [0, 0.05) is 32.1 Å². The van der Waals surface area contributed by atoms with Gasteiger partial charge in [-0.2, -0.15) is 0 Å². The van der Waals surface area contributed by atoms with Crippen molar-refractivity contribution in [3.8, 4) is 0 Å². The van der Waals surface area contributed by atoms with E-state index < -0.39 is 0 Å². The van der Waals surface area contributed by atoms with Gasteiger partial charge in [-0.25, -0.2) is 0 Å². The van der Waals surface area contributed by atoms with Gasteiger partial charge >= 0.3 is 0 Å².